The predicted octanol–water partition coefficient (Wildman–Crippen LogP) is -1.78. The highest BCUT2D eigenvalue weighted by Gasteiger charge is 2.21. The third-order valence-electron chi connectivity index (χ3n) is 2.19. The van der Waals surface area contributed by atoms with Crippen molar-refractivity contribution in [3.63, 3.8) is 0 Å². The SMILES string of the molecule is CSc1c(CC(O)C(=O)[O-])n(C)c[n+]1C. The molecule has 15 heavy (non-hydrogen) atoms. The summed E-state index contributed by atoms with van der Waals surface area (Å²) < 4.78 is 3.69. The smallest absolute Gasteiger partial charge is 0.244 e. The summed E-state index contributed by atoms with van der Waals surface area (Å²) in [4.78, 5) is 10.4. The molecule has 0 aliphatic carbocycles. The van der Waals surface area contributed by atoms with Gasteiger partial charge in [0.2, 0.25) is 11.4 Å². The molecule has 0 saturated heterocycles. The Morgan fingerprint density at radius 2 is 2.40 bits per heavy atom. The average Bonchev–Trinajstić information content (AvgIpc) is 2.41. The molecule has 1 N–H and O–H groups in total. The molecule has 6 heteroatoms. The number of aryl methyl sites for hydroxylation is 2. The van der Waals surface area contributed by atoms with Crippen LogP contribution in [0.15, 0.2) is 11.4 Å². The standard InChI is InChI=1S/C9H14N2O3S/c1-10-5-11(2)8(15-3)6(10)4-7(12)9(13)14/h5,7,12H,4H2,1-3H3. The van der Waals surface area contributed by atoms with Gasteiger partial charge in [0.15, 0.2) is 5.69 Å². The van der Waals surface area contributed by atoms with Crippen molar-refractivity contribution in [3.8, 4) is 0 Å². The number of hydrogen-bond acceptors (Lipinski definition) is 4. The number of carboxylic acids is 1. The molecule has 0 bridgehead atoms. The van der Waals surface area contributed by atoms with Gasteiger partial charge in [-0.2, -0.15) is 0 Å². The molecule has 84 valence electrons. The van der Waals surface area contributed by atoms with Gasteiger partial charge in [0, 0.05) is 6.42 Å². The lowest BCUT2D eigenvalue weighted by Gasteiger charge is -2.09. The molecule has 0 aliphatic rings. The maximum Gasteiger partial charge on any atom is 0.244 e. The highest BCUT2D eigenvalue weighted by atomic mass is 32.2. The Bertz CT molecular complexity index is 376. The molecular weight excluding hydrogens is 216 g/mol. The van der Waals surface area contributed by atoms with Crippen molar-refractivity contribution in [2.45, 2.75) is 17.6 Å². The van der Waals surface area contributed by atoms with Crippen LogP contribution in [0.5, 0.6) is 0 Å². The van der Waals surface area contributed by atoms with Gasteiger partial charge >= 0.3 is 0 Å². The largest absolute Gasteiger partial charge is 0.547 e. The van der Waals surface area contributed by atoms with Crippen LogP contribution in [0.3, 0.4) is 0 Å². The Balaban J connectivity index is 2.98. The first-order chi connectivity index (χ1) is 6.97. The van der Waals surface area contributed by atoms with Crippen LogP contribution in [0.2, 0.25) is 0 Å². The van der Waals surface area contributed by atoms with E-state index in [1.165, 1.54) is 11.8 Å². The van der Waals surface area contributed by atoms with E-state index in [0.29, 0.717) is 0 Å². The molecule has 1 heterocycles. The summed E-state index contributed by atoms with van der Waals surface area (Å²) in [5.74, 6) is -1.44. The summed E-state index contributed by atoms with van der Waals surface area (Å²) in [5.41, 5.74) is 0.793. The quantitative estimate of drug-likeness (QED) is 0.491. The van der Waals surface area contributed by atoms with Crippen LogP contribution in [0.25, 0.3) is 0 Å². The van der Waals surface area contributed by atoms with E-state index in [-0.39, 0.29) is 6.42 Å². The normalized spacial score (nSPS) is 12.8. The van der Waals surface area contributed by atoms with Gasteiger partial charge in [0.25, 0.3) is 0 Å². The predicted molar refractivity (Wildman–Crippen MR) is 53.1 cm³/mol. The molecule has 5 nitrogen and oxygen atoms in total. The molecule has 1 unspecified atom stereocenters. The van der Waals surface area contributed by atoms with Gasteiger partial charge in [-0.25, -0.2) is 9.13 Å². The lowest BCUT2D eigenvalue weighted by atomic mass is 10.2. The summed E-state index contributed by atoms with van der Waals surface area (Å²) >= 11 is 1.51. The Morgan fingerprint density at radius 3 is 2.87 bits per heavy atom. The zero-order valence-electron chi connectivity index (χ0n) is 8.93. The van der Waals surface area contributed by atoms with Crippen LogP contribution < -0.4 is 9.67 Å². The summed E-state index contributed by atoms with van der Waals surface area (Å²) in [7, 11) is 3.69. The number of rotatable bonds is 4. The number of nitrogens with zero attached hydrogens (tertiary/aromatic N) is 2. The second-order valence-electron chi connectivity index (χ2n) is 3.33. The average molecular weight is 230 g/mol. The molecule has 0 amide bonds. The second kappa shape index (κ2) is 4.67. The zero-order chi connectivity index (χ0) is 11.6. The molecule has 1 atom stereocenters. The molecule has 0 aromatic carbocycles. The van der Waals surface area contributed by atoms with Gasteiger partial charge < -0.3 is 15.0 Å². The van der Waals surface area contributed by atoms with Crippen molar-refractivity contribution in [3.05, 3.63) is 12.0 Å². The molecule has 1 aromatic rings. The van der Waals surface area contributed by atoms with Crippen molar-refractivity contribution in [1.82, 2.24) is 4.57 Å². The van der Waals surface area contributed by atoms with Crippen LogP contribution in [-0.4, -0.2) is 28.0 Å². The van der Waals surface area contributed by atoms with Crippen molar-refractivity contribution in [2.24, 2.45) is 14.1 Å². The molecule has 0 saturated carbocycles. The molecule has 0 radical (unpaired) electrons. The van der Waals surface area contributed by atoms with E-state index in [0.717, 1.165) is 10.7 Å². The first-order valence-corrected chi connectivity index (χ1v) is 5.66. The van der Waals surface area contributed by atoms with E-state index in [2.05, 4.69) is 0 Å². The maximum absolute atomic E-state index is 10.4. The van der Waals surface area contributed by atoms with Crippen LogP contribution in [-0.2, 0) is 25.3 Å². The molecule has 1 aromatic heterocycles. The first-order valence-electron chi connectivity index (χ1n) is 4.44. The highest BCUT2D eigenvalue weighted by molar-refractivity contribution is 7.98. The minimum absolute atomic E-state index is 0.0653. The fourth-order valence-electron chi connectivity index (χ4n) is 1.50. The van der Waals surface area contributed by atoms with Crippen molar-refractivity contribution >= 4 is 17.7 Å². The van der Waals surface area contributed by atoms with Crippen LogP contribution in [0.1, 0.15) is 5.69 Å². The lowest BCUT2D eigenvalue weighted by molar-refractivity contribution is -0.707. The summed E-state index contributed by atoms with van der Waals surface area (Å²) in [6, 6.07) is 0. The number of aliphatic carboxylic acids is 1. The fraction of sp³-hybridized carbons (Fsp3) is 0.556. The van der Waals surface area contributed by atoms with Crippen molar-refractivity contribution in [1.29, 1.82) is 0 Å². The molecular formula is C9H14N2O3S. The van der Waals surface area contributed by atoms with E-state index in [9.17, 15) is 15.0 Å². The summed E-state index contributed by atoms with van der Waals surface area (Å²) in [5, 5.41) is 20.6. The maximum atomic E-state index is 10.4. The number of aliphatic hydroxyl groups excluding tert-OH is 1. The van der Waals surface area contributed by atoms with Crippen molar-refractivity contribution < 1.29 is 19.6 Å². The summed E-state index contributed by atoms with van der Waals surface area (Å²) in [6.07, 6.45) is 2.35. The van der Waals surface area contributed by atoms with E-state index >= 15 is 0 Å². The minimum Gasteiger partial charge on any atom is -0.547 e. The summed E-state index contributed by atoms with van der Waals surface area (Å²) in [6.45, 7) is 0. The number of carboxylic acid groups (broad SMARTS) is 1. The van der Waals surface area contributed by atoms with Crippen LogP contribution in [0, 0.1) is 0 Å². The number of carbonyl (C=O) groups excluding carboxylic acids is 1. The van der Waals surface area contributed by atoms with Gasteiger partial charge in [-0.15, -0.1) is 0 Å². The number of carbonyl (C=O) groups is 1. The van der Waals surface area contributed by atoms with Crippen LogP contribution in [0.4, 0.5) is 0 Å². The molecule has 0 spiro atoms. The fourth-order valence-corrected chi connectivity index (χ4v) is 2.29. The van der Waals surface area contributed by atoms with Crippen molar-refractivity contribution in [2.75, 3.05) is 6.26 Å². The topological polar surface area (TPSA) is 69.2 Å². The monoisotopic (exact) mass is 230 g/mol. The van der Waals surface area contributed by atoms with Gasteiger partial charge in [-0.05, 0) is 6.26 Å². The number of hydrogen-bond donors (Lipinski definition) is 1. The Morgan fingerprint density at radius 1 is 1.80 bits per heavy atom. The van der Waals surface area contributed by atoms with Gasteiger partial charge in [0.05, 0.1) is 20.1 Å². The highest BCUT2D eigenvalue weighted by Crippen LogP contribution is 2.17. The van der Waals surface area contributed by atoms with Gasteiger partial charge in [-0.1, -0.05) is 11.8 Å². The van der Waals surface area contributed by atoms with Gasteiger partial charge in [0.1, 0.15) is 6.10 Å². The number of aromatic nitrogens is 2. The van der Waals surface area contributed by atoms with Crippen LogP contribution >= 0.6 is 11.8 Å². The third-order valence-corrected chi connectivity index (χ3v) is 3.10. The molecule has 0 aliphatic heterocycles. The Hall–Kier alpha value is -1.01. The lowest BCUT2D eigenvalue weighted by Crippen LogP contribution is -2.37. The number of aliphatic hydroxyl groups is 1. The van der Waals surface area contributed by atoms with E-state index in [4.69, 9.17) is 0 Å². The molecule has 0 fully saturated rings. The minimum atomic E-state index is -1.45. The van der Waals surface area contributed by atoms with E-state index < -0.39 is 12.1 Å². The Labute approximate surface area is 92.3 Å². The van der Waals surface area contributed by atoms with E-state index in [1.54, 1.807) is 4.57 Å². The second-order valence-corrected chi connectivity index (χ2v) is 4.13. The number of imidazole rings is 1. The molecule has 1 rings (SSSR count). The third kappa shape index (κ3) is 2.51. The zero-order valence-corrected chi connectivity index (χ0v) is 9.74. The van der Waals surface area contributed by atoms with Gasteiger partial charge in [-0.3, -0.25) is 0 Å². The Kier molecular flexibility index (Phi) is 3.76. The van der Waals surface area contributed by atoms with E-state index in [1.807, 2.05) is 31.2 Å². The first kappa shape index (κ1) is 12.1. The number of thioether (sulfide) groups is 1.